The van der Waals surface area contributed by atoms with Crippen molar-refractivity contribution < 1.29 is 28.4 Å². The summed E-state index contributed by atoms with van der Waals surface area (Å²) in [6.45, 7) is 12.3. The van der Waals surface area contributed by atoms with Gasteiger partial charge in [0.25, 0.3) is 0 Å². The van der Waals surface area contributed by atoms with Gasteiger partial charge in [-0.05, 0) is 12.8 Å². The molecule has 0 N–H and O–H groups in total. The van der Waals surface area contributed by atoms with Crippen LogP contribution in [0, 0.1) is 0 Å². The molecule has 0 aromatic rings. The Morgan fingerprint density at radius 3 is 0.667 bits per heavy atom. The van der Waals surface area contributed by atoms with Gasteiger partial charge >= 0.3 is 0 Å². The first-order chi connectivity index (χ1) is 19.4. The van der Waals surface area contributed by atoms with Crippen molar-refractivity contribution >= 4 is 0 Å². The van der Waals surface area contributed by atoms with Crippen LogP contribution in [0.2, 0.25) is 0 Å². The molecule has 0 spiro atoms. The van der Waals surface area contributed by atoms with E-state index in [0.717, 1.165) is 19.6 Å². The fraction of sp³-hybridized carbons (Fsp3) is 1.00. The first-order valence-electron chi connectivity index (χ1n) is 16.9. The van der Waals surface area contributed by atoms with Gasteiger partial charge in [0.15, 0.2) is 0 Å². The van der Waals surface area contributed by atoms with E-state index in [2.05, 4.69) is 13.8 Å². The van der Waals surface area contributed by atoms with Crippen LogP contribution in [-0.4, -0.2) is 79.3 Å². The Kier molecular flexibility index (Phi) is 37.5. The second kappa shape index (κ2) is 37.8. The topological polar surface area (TPSA) is 55.4 Å². The van der Waals surface area contributed by atoms with Crippen LogP contribution in [0.25, 0.3) is 0 Å². The zero-order valence-corrected chi connectivity index (χ0v) is 26.4. The average Bonchev–Trinajstić information content (AvgIpc) is 2.95. The maximum Gasteiger partial charge on any atom is 0.0701 e. The number of unbranched alkanes of at least 4 members (excludes halogenated alkanes) is 17. The molecule has 6 heteroatoms. The molecule has 0 unspecified atom stereocenters. The summed E-state index contributed by atoms with van der Waals surface area (Å²) in [6.07, 6.45) is 26.0. The van der Waals surface area contributed by atoms with Gasteiger partial charge in [0.1, 0.15) is 0 Å². The minimum atomic E-state index is 0.583. The molecule has 6 nitrogen and oxygen atoms in total. The normalized spacial score (nSPS) is 11.5. The van der Waals surface area contributed by atoms with E-state index in [9.17, 15) is 0 Å². The van der Waals surface area contributed by atoms with Crippen molar-refractivity contribution in [2.24, 2.45) is 0 Å². The first-order valence-corrected chi connectivity index (χ1v) is 16.9. The van der Waals surface area contributed by atoms with E-state index in [1.54, 1.807) is 0 Å². The molecule has 39 heavy (non-hydrogen) atoms. The molecular formula is C33H68O6. The number of ether oxygens (including phenoxy) is 6. The summed E-state index contributed by atoms with van der Waals surface area (Å²) < 4.78 is 33.2. The van der Waals surface area contributed by atoms with Gasteiger partial charge in [-0.3, -0.25) is 0 Å². The highest BCUT2D eigenvalue weighted by Crippen LogP contribution is 2.13. The largest absolute Gasteiger partial charge is 0.379 e. The predicted molar refractivity (Wildman–Crippen MR) is 164 cm³/mol. The zero-order valence-electron chi connectivity index (χ0n) is 26.4. The molecule has 0 heterocycles. The molecule has 0 aromatic carbocycles. The Morgan fingerprint density at radius 1 is 0.205 bits per heavy atom. The zero-order chi connectivity index (χ0) is 28.2. The molecule has 0 atom stereocenters. The van der Waals surface area contributed by atoms with Crippen molar-refractivity contribution in [2.45, 2.75) is 136 Å². The van der Waals surface area contributed by atoms with Crippen LogP contribution in [0.4, 0.5) is 0 Å². The van der Waals surface area contributed by atoms with E-state index in [1.165, 1.54) is 116 Å². The van der Waals surface area contributed by atoms with E-state index in [1.807, 2.05) is 0 Å². The molecule has 0 bridgehead atoms. The van der Waals surface area contributed by atoms with Crippen molar-refractivity contribution in [3.8, 4) is 0 Å². The third-order valence-corrected chi connectivity index (χ3v) is 6.89. The predicted octanol–water partition coefficient (Wildman–Crippen LogP) is 8.54. The molecule has 0 rings (SSSR count). The van der Waals surface area contributed by atoms with Crippen molar-refractivity contribution in [2.75, 3.05) is 79.3 Å². The van der Waals surface area contributed by atoms with Gasteiger partial charge in [-0.1, -0.05) is 123 Å². The van der Waals surface area contributed by atoms with E-state index in [0.29, 0.717) is 66.1 Å². The molecule has 236 valence electrons. The minimum absolute atomic E-state index is 0.583. The summed E-state index contributed by atoms with van der Waals surface area (Å²) in [4.78, 5) is 0. The summed E-state index contributed by atoms with van der Waals surface area (Å²) in [5, 5.41) is 0. The fourth-order valence-corrected chi connectivity index (χ4v) is 4.41. The third-order valence-electron chi connectivity index (χ3n) is 6.89. The second-order valence-electron chi connectivity index (χ2n) is 10.7. The van der Waals surface area contributed by atoms with Crippen LogP contribution in [0.15, 0.2) is 0 Å². The summed E-state index contributed by atoms with van der Waals surface area (Å²) in [5.41, 5.74) is 0. The monoisotopic (exact) mass is 561 g/mol. The lowest BCUT2D eigenvalue weighted by Gasteiger charge is -2.08. The highest BCUT2D eigenvalue weighted by molar-refractivity contribution is 4.50. The Bertz CT molecular complexity index is 374. The third kappa shape index (κ3) is 37.8. The van der Waals surface area contributed by atoms with Crippen LogP contribution in [0.1, 0.15) is 136 Å². The van der Waals surface area contributed by atoms with Gasteiger partial charge in [0.2, 0.25) is 0 Å². The van der Waals surface area contributed by atoms with Gasteiger partial charge in [-0.2, -0.15) is 0 Å². The maximum atomic E-state index is 5.68. The molecule has 0 amide bonds. The molecule has 0 fully saturated rings. The minimum Gasteiger partial charge on any atom is -0.379 e. The molecule has 0 aliphatic carbocycles. The summed E-state index contributed by atoms with van der Waals surface area (Å²) >= 11 is 0. The van der Waals surface area contributed by atoms with Crippen LogP contribution in [-0.2, 0) is 28.4 Å². The van der Waals surface area contributed by atoms with Crippen molar-refractivity contribution in [3.63, 3.8) is 0 Å². The molecule has 0 aliphatic heterocycles. The molecule has 0 aliphatic rings. The van der Waals surface area contributed by atoms with Gasteiger partial charge in [0, 0.05) is 13.2 Å². The maximum absolute atomic E-state index is 5.68. The Labute approximate surface area is 243 Å². The number of hydrogen-bond acceptors (Lipinski definition) is 6. The van der Waals surface area contributed by atoms with Crippen LogP contribution in [0.3, 0.4) is 0 Å². The highest BCUT2D eigenvalue weighted by atomic mass is 16.6. The Morgan fingerprint density at radius 2 is 0.385 bits per heavy atom. The van der Waals surface area contributed by atoms with E-state index >= 15 is 0 Å². The highest BCUT2D eigenvalue weighted by Gasteiger charge is 1.97. The van der Waals surface area contributed by atoms with E-state index < -0.39 is 0 Å². The standard InChI is InChI=1S/C33H68O6/c1-3-5-7-8-9-10-11-12-13-14-15-16-17-18-19-21-23-35-25-27-37-29-31-39-33-32-38-30-28-36-26-24-34-22-20-6-4-2/h3-33H2,1-2H3. The van der Waals surface area contributed by atoms with E-state index in [-0.39, 0.29) is 0 Å². The lowest BCUT2D eigenvalue weighted by molar-refractivity contribution is -0.0169. The molecular weight excluding hydrogens is 492 g/mol. The van der Waals surface area contributed by atoms with E-state index in [4.69, 9.17) is 28.4 Å². The van der Waals surface area contributed by atoms with Crippen LogP contribution >= 0.6 is 0 Å². The summed E-state index contributed by atoms with van der Waals surface area (Å²) in [7, 11) is 0. The SMILES string of the molecule is CCCCCCCCCCCCCCCCCCOCCOCCOCCOCCOCCOCCCCC. The lowest BCUT2D eigenvalue weighted by Crippen LogP contribution is -2.14. The van der Waals surface area contributed by atoms with Crippen molar-refractivity contribution in [1.29, 1.82) is 0 Å². The van der Waals surface area contributed by atoms with Gasteiger partial charge in [0.05, 0.1) is 66.1 Å². The van der Waals surface area contributed by atoms with Crippen molar-refractivity contribution in [3.05, 3.63) is 0 Å². The lowest BCUT2D eigenvalue weighted by atomic mass is 10.0. The number of hydrogen-bond donors (Lipinski definition) is 0. The molecule has 0 saturated carbocycles. The second-order valence-corrected chi connectivity index (χ2v) is 10.7. The summed E-state index contributed by atoms with van der Waals surface area (Å²) in [6, 6.07) is 0. The Hall–Kier alpha value is -0.240. The smallest absolute Gasteiger partial charge is 0.0701 e. The number of rotatable bonds is 36. The quantitative estimate of drug-likeness (QED) is 0.0716. The fourth-order valence-electron chi connectivity index (χ4n) is 4.41. The Balaban J connectivity index is 3.01. The first kappa shape index (κ1) is 38.8. The van der Waals surface area contributed by atoms with Gasteiger partial charge in [-0.15, -0.1) is 0 Å². The van der Waals surface area contributed by atoms with Crippen molar-refractivity contribution in [1.82, 2.24) is 0 Å². The van der Waals surface area contributed by atoms with Gasteiger partial charge < -0.3 is 28.4 Å². The average molecular weight is 561 g/mol. The molecule has 0 aromatic heterocycles. The summed E-state index contributed by atoms with van der Waals surface area (Å²) in [5.74, 6) is 0. The van der Waals surface area contributed by atoms with Gasteiger partial charge in [-0.25, -0.2) is 0 Å². The van der Waals surface area contributed by atoms with Crippen LogP contribution < -0.4 is 0 Å². The molecule has 0 saturated heterocycles. The van der Waals surface area contributed by atoms with Crippen LogP contribution in [0.5, 0.6) is 0 Å². The molecule has 0 radical (unpaired) electrons.